The zero-order valence-electron chi connectivity index (χ0n) is 25.3. The maximum absolute atomic E-state index is 13.5. The van der Waals surface area contributed by atoms with Crippen molar-refractivity contribution in [1.29, 1.82) is 0 Å². The van der Waals surface area contributed by atoms with Gasteiger partial charge in [-0.15, -0.1) is 0 Å². The number of carbonyl (C=O) groups excluding carboxylic acids is 1. The van der Waals surface area contributed by atoms with Crippen molar-refractivity contribution in [2.45, 2.75) is 112 Å². The number of rotatable bonds is 3. The van der Waals surface area contributed by atoms with Gasteiger partial charge in [0.2, 0.25) is 0 Å². The molecular formula is C31H48N6O2. The molecule has 4 fully saturated rings. The molecule has 39 heavy (non-hydrogen) atoms. The van der Waals surface area contributed by atoms with Gasteiger partial charge in [0, 0.05) is 15.9 Å². The summed E-state index contributed by atoms with van der Waals surface area (Å²) in [4.78, 5) is 19.9. The fourth-order valence-corrected chi connectivity index (χ4v) is 11.6. The minimum absolute atomic E-state index is 0.00278. The molecule has 5 aliphatic carbocycles. The van der Waals surface area contributed by atoms with Crippen molar-refractivity contribution in [3.63, 3.8) is 0 Å². The van der Waals surface area contributed by atoms with Gasteiger partial charge in [-0.3, -0.25) is 4.79 Å². The number of hydrogen-bond donors (Lipinski definition) is 0. The first kappa shape index (κ1) is 28.4. The van der Waals surface area contributed by atoms with Crippen LogP contribution in [0.25, 0.3) is 20.9 Å². The monoisotopic (exact) mass is 536 g/mol. The first-order chi connectivity index (χ1) is 18.3. The van der Waals surface area contributed by atoms with Crippen LogP contribution in [-0.2, 0) is 9.53 Å². The second-order valence-electron chi connectivity index (χ2n) is 15.2. The van der Waals surface area contributed by atoms with E-state index < -0.39 is 5.41 Å². The zero-order valence-corrected chi connectivity index (χ0v) is 25.3. The van der Waals surface area contributed by atoms with Crippen LogP contribution in [0.1, 0.15) is 99.8 Å². The van der Waals surface area contributed by atoms with Gasteiger partial charge in [-0.05, 0) is 114 Å². The van der Waals surface area contributed by atoms with Gasteiger partial charge in [0.15, 0.2) is 0 Å². The van der Waals surface area contributed by atoms with Gasteiger partial charge < -0.3 is 4.74 Å². The Morgan fingerprint density at radius 3 is 2.31 bits per heavy atom. The molecule has 0 aromatic heterocycles. The second kappa shape index (κ2) is 9.17. The van der Waals surface area contributed by atoms with Gasteiger partial charge in [-0.25, -0.2) is 0 Å². The first-order valence-electron chi connectivity index (χ1n) is 15.2. The number of nitrogens with zero attached hydrogens (tertiary/aromatic N) is 6. The minimum Gasteiger partial charge on any atom is -0.469 e. The molecule has 4 saturated carbocycles. The predicted octanol–water partition coefficient (Wildman–Crippen LogP) is 8.78. The summed E-state index contributed by atoms with van der Waals surface area (Å²) in [5, 5.41) is 8.45. The third-order valence-corrected chi connectivity index (χ3v) is 13.9. The average molecular weight is 537 g/mol. The Bertz CT molecular complexity index is 1170. The number of ether oxygens (including phenoxy) is 1. The smallest absolute Gasteiger partial charge is 0.312 e. The van der Waals surface area contributed by atoms with Crippen molar-refractivity contribution in [2.75, 3.05) is 7.11 Å². The lowest BCUT2D eigenvalue weighted by molar-refractivity contribution is -0.194. The Kier molecular flexibility index (Phi) is 6.67. The van der Waals surface area contributed by atoms with Crippen LogP contribution in [-0.4, -0.2) is 25.2 Å². The molecule has 0 N–H and O–H groups in total. The molecule has 5 aliphatic rings. The number of allylic oxidation sites excluding steroid dienone is 2. The van der Waals surface area contributed by atoms with Crippen LogP contribution in [0, 0.1) is 56.7 Å². The van der Waals surface area contributed by atoms with E-state index in [9.17, 15) is 15.9 Å². The van der Waals surface area contributed by atoms with E-state index in [0.29, 0.717) is 23.7 Å². The highest BCUT2D eigenvalue weighted by Crippen LogP contribution is 2.76. The van der Waals surface area contributed by atoms with E-state index >= 15 is 0 Å². The summed E-state index contributed by atoms with van der Waals surface area (Å²) in [5.74, 6) is 2.02. The number of carbonyl (C=O) groups is 1. The Hall–Kier alpha value is -2.17. The number of esters is 1. The van der Waals surface area contributed by atoms with Crippen molar-refractivity contribution < 1.29 is 9.53 Å². The lowest BCUT2D eigenvalue weighted by Crippen LogP contribution is -2.67. The maximum Gasteiger partial charge on any atom is 0.312 e. The molecule has 0 radical (unpaired) electrons. The summed E-state index contributed by atoms with van der Waals surface area (Å²) in [6.07, 6.45) is 10.4. The zero-order chi connectivity index (χ0) is 28.6. The Morgan fingerprint density at radius 2 is 1.67 bits per heavy atom. The fraction of sp³-hybridized carbons (Fsp3) is 0.903. The van der Waals surface area contributed by atoms with Crippen LogP contribution in [0.2, 0.25) is 0 Å². The Balaban J connectivity index is 1.63. The number of azide groups is 2. The maximum atomic E-state index is 13.5. The van der Waals surface area contributed by atoms with Crippen molar-refractivity contribution >= 4 is 5.97 Å². The molecule has 214 valence electrons. The summed E-state index contributed by atoms with van der Waals surface area (Å²) in [5.41, 5.74) is 19.7. The molecule has 0 spiro atoms. The van der Waals surface area contributed by atoms with E-state index in [0.717, 1.165) is 51.4 Å². The van der Waals surface area contributed by atoms with Crippen LogP contribution < -0.4 is 0 Å². The summed E-state index contributed by atoms with van der Waals surface area (Å²) in [6, 6.07) is -0.689. The molecular weight excluding hydrogens is 488 g/mol. The highest BCUT2D eigenvalue weighted by Gasteiger charge is 2.70. The van der Waals surface area contributed by atoms with E-state index in [1.807, 2.05) is 0 Å². The number of methoxy groups -OCH3 is 1. The molecule has 8 heteroatoms. The molecule has 0 saturated heterocycles. The van der Waals surface area contributed by atoms with Crippen molar-refractivity contribution in [3.8, 4) is 0 Å². The number of fused-ring (bicyclic) bond motifs is 7. The first-order valence-corrected chi connectivity index (χ1v) is 15.2. The third-order valence-electron chi connectivity index (χ3n) is 13.9. The Labute approximate surface area is 234 Å². The highest BCUT2D eigenvalue weighted by atomic mass is 16.5. The molecule has 0 aromatic rings. The standard InChI is InChI=1S/C31H48N6O2/c1-18-11-14-31(26(38)39-8)16-15-29(6)20(24(31)19(18)2)9-10-23-28(5)17-21(34-36-32)25(35-37-33)27(3,4)22(28)12-13-30(23,29)7/h9,18-19,21-25H,10-17H2,1-8H3/t18-,19+,21?,22+,23-,24+,25?,28+,29-,30-,31+/m1/s1. The lowest BCUT2D eigenvalue weighted by atomic mass is 9.33. The van der Waals surface area contributed by atoms with Crippen LogP contribution in [0.15, 0.2) is 21.9 Å². The van der Waals surface area contributed by atoms with Crippen LogP contribution in [0.4, 0.5) is 0 Å². The van der Waals surface area contributed by atoms with Gasteiger partial charge in [0.05, 0.1) is 18.6 Å². The van der Waals surface area contributed by atoms with Crippen molar-refractivity contribution in [2.24, 2.45) is 66.9 Å². The average Bonchev–Trinajstić information content (AvgIpc) is 2.88. The summed E-state index contributed by atoms with van der Waals surface area (Å²) in [7, 11) is 1.56. The van der Waals surface area contributed by atoms with E-state index in [2.05, 4.69) is 74.6 Å². The topological polar surface area (TPSA) is 124 Å². The molecule has 0 aliphatic heterocycles. The van der Waals surface area contributed by atoms with Crippen LogP contribution in [0.5, 0.6) is 0 Å². The third kappa shape index (κ3) is 3.53. The summed E-state index contributed by atoms with van der Waals surface area (Å²) in [6.45, 7) is 16.6. The van der Waals surface area contributed by atoms with Crippen molar-refractivity contribution in [1.82, 2.24) is 0 Å². The molecule has 0 heterocycles. The van der Waals surface area contributed by atoms with E-state index in [-0.39, 0.29) is 45.6 Å². The SMILES string of the molecule is COC(=O)[C@]12CC[C@@H](C)[C@H](C)[C@H]1C1=CC[C@@H]3[C@@]4(C)CC(N=[N+]=[N-])C(N=[N+]=[N-])C(C)(C)[C@@H]4CC[C@@]3(C)[C@]1(C)CC2. The largest absolute Gasteiger partial charge is 0.469 e. The fourth-order valence-electron chi connectivity index (χ4n) is 11.6. The summed E-state index contributed by atoms with van der Waals surface area (Å²) >= 11 is 0. The molecule has 2 unspecified atom stereocenters. The van der Waals surface area contributed by atoms with Gasteiger partial charge >= 0.3 is 5.97 Å². The van der Waals surface area contributed by atoms with Gasteiger partial charge in [0.1, 0.15) is 0 Å². The minimum atomic E-state index is -0.404. The second-order valence-corrected chi connectivity index (χ2v) is 15.2. The van der Waals surface area contributed by atoms with Gasteiger partial charge in [0.25, 0.3) is 0 Å². The Morgan fingerprint density at radius 1 is 0.974 bits per heavy atom. The highest BCUT2D eigenvalue weighted by molar-refractivity contribution is 5.78. The molecule has 0 aromatic carbocycles. The number of hydrogen-bond acceptors (Lipinski definition) is 4. The quantitative estimate of drug-likeness (QED) is 0.117. The normalized spacial score (nSPS) is 49.8. The van der Waals surface area contributed by atoms with E-state index in [1.54, 1.807) is 7.11 Å². The summed E-state index contributed by atoms with van der Waals surface area (Å²) < 4.78 is 5.51. The molecule has 11 atom stereocenters. The van der Waals surface area contributed by atoms with Crippen LogP contribution >= 0.6 is 0 Å². The lowest BCUT2D eigenvalue weighted by Gasteiger charge is -2.72. The van der Waals surface area contributed by atoms with E-state index in [4.69, 9.17) is 4.74 Å². The van der Waals surface area contributed by atoms with Crippen molar-refractivity contribution in [3.05, 3.63) is 32.5 Å². The predicted molar refractivity (Wildman–Crippen MR) is 152 cm³/mol. The van der Waals surface area contributed by atoms with Gasteiger partial charge in [-0.1, -0.05) is 70.3 Å². The molecule has 0 bridgehead atoms. The van der Waals surface area contributed by atoms with Gasteiger partial charge in [-0.2, -0.15) is 0 Å². The molecule has 8 nitrogen and oxygen atoms in total. The van der Waals surface area contributed by atoms with E-state index in [1.165, 1.54) is 5.57 Å². The molecule has 0 amide bonds. The molecule has 5 rings (SSSR count). The van der Waals surface area contributed by atoms with Crippen LogP contribution in [0.3, 0.4) is 0 Å².